The van der Waals surface area contributed by atoms with Crippen LogP contribution in [0.25, 0.3) is 22.3 Å². The molecule has 0 unspecified atom stereocenters. The number of halogens is 3. The Labute approximate surface area is 195 Å². The lowest BCUT2D eigenvalue weighted by Gasteiger charge is -2.31. The van der Waals surface area contributed by atoms with Crippen LogP contribution in [0.2, 0.25) is 0 Å². The molecule has 0 saturated heterocycles. The molecule has 0 amide bonds. The first-order chi connectivity index (χ1) is 14.0. The quantitative estimate of drug-likeness (QED) is 0.173. The third kappa shape index (κ3) is 2.30. The van der Waals surface area contributed by atoms with E-state index in [4.69, 9.17) is 0 Å². The summed E-state index contributed by atoms with van der Waals surface area (Å²) < 4.78 is 3.33. The zero-order valence-electron chi connectivity index (χ0n) is 15.6. The van der Waals surface area contributed by atoms with Crippen LogP contribution >= 0.6 is 47.8 Å². The molecule has 4 aromatic carbocycles. The van der Waals surface area contributed by atoms with Crippen molar-refractivity contribution < 1.29 is 0 Å². The number of aryl methyl sites for hydroxylation is 1. The Morgan fingerprint density at radius 3 is 1.24 bits per heavy atom. The Morgan fingerprint density at radius 2 is 0.828 bits per heavy atom. The highest BCUT2D eigenvalue weighted by Gasteiger charge is 2.51. The predicted molar refractivity (Wildman–Crippen MR) is 131 cm³/mol. The fourth-order valence-electron chi connectivity index (χ4n) is 5.26. The maximum Gasteiger partial charge on any atom is 0.0726 e. The van der Waals surface area contributed by atoms with Gasteiger partial charge in [0.15, 0.2) is 0 Å². The maximum atomic E-state index is 3.74. The molecule has 0 radical (unpaired) electrons. The van der Waals surface area contributed by atoms with Crippen LogP contribution in [-0.4, -0.2) is 0 Å². The minimum Gasteiger partial charge on any atom is -0.0587 e. The molecule has 3 heteroatoms. The van der Waals surface area contributed by atoms with Crippen LogP contribution in [0.3, 0.4) is 0 Å². The molecule has 0 N–H and O–H groups in total. The van der Waals surface area contributed by atoms with Gasteiger partial charge in [-0.05, 0) is 87.8 Å². The van der Waals surface area contributed by atoms with Gasteiger partial charge in [-0.15, -0.1) is 0 Å². The summed E-state index contributed by atoms with van der Waals surface area (Å²) in [6.45, 7) is 2.19. The molecule has 0 heterocycles. The molecule has 29 heavy (non-hydrogen) atoms. The first-order valence-electron chi connectivity index (χ1n) is 9.52. The molecule has 0 nitrogen and oxygen atoms in total. The maximum absolute atomic E-state index is 3.74. The molecular formula is C26H15Br3. The number of hydrogen-bond acceptors (Lipinski definition) is 0. The van der Waals surface area contributed by atoms with Gasteiger partial charge >= 0.3 is 0 Å². The van der Waals surface area contributed by atoms with Crippen molar-refractivity contribution in [2.24, 2.45) is 0 Å². The number of fused-ring (bicyclic) bond motifs is 10. The molecule has 0 atom stereocenters. The van der Waals surface area contributed by atoms with E-state index in [1.165, 1.54) is 50.1 Å². The summed E-state index contributed by atoms with van der Waals surface area (Å²) in [6.07, 6.45) is 0. The van der Waals surface area contributed by atoms with E-state index in [1.54, 1.807) is 0 Å². The van der Waals surface area contributed by atoms with Gasteiger partial charge in [-0.2, -0.15) is 0 Å². The van der Waals surface area contributed by atoms with Crippen molar-refractivity contribution in [3.63, 3.8) is 0 Å². The van der Waals surface area contributed by atoms with Crippen LogP contribution in [0, 0.1) is 6.92 Å². The van der Waals surface area contributed by atoms with Gasteiger partial charge in [0.2, 0.25) is 0 Å². The Kier molecular flexibility index (Phi) is 3.85. The van der Waals surface area contributed by atoms with Gasteiger partial charge in [-0.3, -0.25) is 0 Å². The Balaban J connectivity index is 1.88. The second kappa shape index (κ2) is 6.16. The molecule has 0 fully saturated rings. The van der Waals surface area contributed by atoms with E-state index < -0.39 is 0 Å². The number of hydrogen-bond donors (Lipinski definition) is 0. The van der Waals surface area contributed by atoms with Crippen LogP contribution in [0.4, 0.5) is 0 Å². The minimum atomic E-state index is -0.307. The molecule has 2 aliphatic rings. The predicted octanol–water partition coefficient (Wildman–Crippen LogP) is 8.63. The summed E-state index contributed by atoms with van der Waals surface area (Å²) in [5.41, 5.74) is 11.7. The average molecular weight is 567 g/mol. The number of rotatable bonds is 0. The molecule has 0 aliphatic heterocycles. The van der Waals surface area contributed by atoms with Gasteiger partial charge in [0.25, 0.3) is 0 Å². The summed E-state index contributed by atoms with van der Waals surface area (Å²) in [7, 11) is 0. The van der Waals surface area contributed by atoms with Crippen molar-refractivity contribution in [2.75, 3.05) is 0 Å². The number of benzene rings is 4. The summed E-state index contributed by atoms with van der Waals surface area (Å²) in [6, 6.07) is 27.1. The smallest absolute Gasteiger partial charge is 0.0587 e. The van der Waals surface area contributed by atoms with Gasteiger partial charge in [0.05, 0.1) is 5.41 Å². The summed E-state index contributed by atoms with van der Waals surface area (Å²) >= 11 is 11.2. The summed E-state index contributed by atoms with van der Waals surface area (Å²) in [5.74, 6) is 0. The van der Waals surface area contributed by atoms with E-state index in [0.29, 0.717) is 0 Å². The van der Waals surface area contributed by atoms with E-state index in [0.717, 1.165) is 13.4 Å². The first kappa shape index (κ1) is 18.1. The van der Waals surface area contributed by atoms with E-state index in [2.05, 4.69) is 128 Å². The van der Waals surface area contributed by atoms with E-state index in [-0.39, 0.29) is 5.41 Å². The van der Waals surface area contributed by atoms with Gasteiger partial charge in [-0.1, -0.05) is 89.8 Å². The van der Waals surface area contributed by atoms with Crippen molar-refractivity contribution >= 4 is 47.8 Å². The van der Waals surface area contributed by atoms with Crippen molar-refractivity contribution in [1.82, 2.24) is 0 Å². The second-order valence-electron chi connectivity index (χ2n) is 7.87. The van der Waals surface area contributed by atoms with Crippen molar-refractivity contribution in [2.45, 2.75) is 12.3 Å². The first-order valence-corrected chi connectivity index (χ1v) is 11.9. The molecule has 4 aromatic rings. The molecule has 140 valence electrons. The summed E-state index contributed by atoms with van der Waals surface area (Å²) in [5, 5.41) is 0. The van der Waals surface area contributed by atoms with Crippen LogP contribution in [0.5, 0.6) is 0 Å². The lowest BCUT2D eigenvalue weighted by Crippen LogP contribution is -2.26. The van der Waals surface area contributed by atoms with E-state index in [9.17, 15) is 0 Å². The third-order valence-electron chi connectivity index (χ3n) is 6.32. The third-order valence-corrected chi connectivity index (χ3v) is 7.80. The molecular weight excluding hydrogens is 552 g/mol. The average Bonchev–Trinajstić information content (AvgIpc) is 3.13. The second-order valence-corrected chi connectivity index (χ2v) is 10.6. The molecule has 0 bridgehead atoms. The Morgan fingerprint density at radius 1 is 0.483 bits per heavy atom. The molecule has 0 aromatic heterocycles. The highest BCUT2D eigenvalue weighted by molar-refractivity contribution is 9.11. The SMILES string of the molecule is Cc1ccc2c(c1)C1(c3cc(Br)ccc3-2)c2cc(Br)ccc2-c2ccc(Br)cc21. The van der Waals surface area contributed by atoms with Crippen molar-refractivity contribution in [3.8, 4) is 22.3 Å². The van der Waals surface area contributed by atoms with Gasteiger partial charge in [0.1, 0.15) is 0 Å². The minimum absolute atomic E-state index is 0.307. The van der Waals surface area contributed by atoms with Gasteiger partial charge in [0, 0.05) is 13.4 Å². The Hall–Kier alpha value is -1.68. The highest BCUT2D eigenvalue weighted by Crippen LogP contribution is 2.63. The monoisotopic (exact) mass is 564 g/mol. The topological polar surface area (TPSA) is 0 Å². The zero-order chi connectivity index (χ0) is 19.9. The Bertz CT molecular complexity index is 1140. The molecule has 2 aliphatic carbocycles. The van der Waals surface area contributed by atoms with Gasteiger partial charge in [-0.25, -0.2) is 0 Å². The normalized spacial score (nSPS) is 14.5. The lowest BCUT2D eigenvalue weighted by molar-refractivity contribution is 0.790. The van der Waals surface area contributed by atoms with Crippen molar-refractivity contribution in [1.29, 1.82) is 0 Å². The fourth-order valence-corrected chi connectivity index (χ4v) is 6.34. The molecule has 1 spiro atoms. The van der Waals surface area contributed by atoms with Crippen LogP contribution < -0.4 is 0 Å². The van der Waals surface area contributed by atoms with E-state index in [1.807, 2.05) is 0 Å². The van der Waals surface area contributed by atoms with Crippen LogP contribution in [0.15, 0.2) is 86.2 Å². The molecule has 6 rings (SSSR count). The lowest BCUT2D eigenvalue weighted by atomic mass is 9.70. The van der Waals surface area contributed by atoms with Crippen LogP contribution in [0.1, 0.15) is 27.8 Å². The molecule has 0 saturated carbocycles. The van der Waals surface area contributed by atoms with Crippen molar-refractivity contribution in [3.05, 3.63) is 114 Å². The highest BCUT2D eigenvalue weighted by atomic mass is 79.9. The fraction of sp³-hybridized carbons (Fsp3) is 0.0769. The van der Waals surface area contributed by atoms with Crippen LogP contribution in [-0.2, 0) is 5.41 Å². The summed E-state index contributed by atoms with van der Waals surface area (Å²) in [4.78, 5) is 0. The van der Waals surface area contributed by atoms with E-state index >= 15 is 0 Å². The largest absolute Gasteiger partial charge is 0.0726 e. The standard InChI is InChI=1S/C26H15Br3/c1-14-2-6-18-19-7-3-15(27)11-23(19)26(22(18)10-14)24-12-16(28)4-8-20(24)21-9-5-17(29)13-25(21)26/h2-13H,1H3. The zero-order valence-corrected chi connectivity index (χ0v) is 20.3. The van der Waals surface area contributed by atoms with Gasteiger partial charge < -0.3 is 0 Å².